The van der Waals surface area contributed by atoms with Crippen molar-refractivity contribution in [1.29, 1.82) is 0 Å². The van der Waals surface area contributed by atoms with Crippen molar-refractivity contribution in [2.24, 2.45) is 5.92 Å². The van der Waals surface area contributed by atoms with Gasteiger partial charge in [-0.05, 0) is 12.3 Å². The van der Waals surface area contributed by atoms with Crippen LogP contribution in [0.1, 0.15) is 109 Å². The van der Waals surface area contributed by atoms with E-state index in [4.69, 9.17) is 4.42 Å². The third-order valence-electron chi connectivity index (χ3n) is 5.23. The number of hydrogen-bond donors (Lipinski definition) is 1. The molecule has 0 fully saturated rings. The molecule has 1 aromatic rings. The highest BCUT2D eigenvalue weighted by atomic mass is 16.4. The fraction of sp³-hybridized carbons (Fsp3) is 0.783. The van der Waals surface area contributed by atoms with E-state index in [1.165, 1.54) is 77.0 Å². The fourth-order valence-electron chi connectivity index (χ4n) is 3.56. The van der Waals surface area contributed by atoms with Crippen LogP contribution in [-0.2, 0) is 6.42 Å². The van der Waals surface area contributed by atoms with Crippen molar-refractivity contribution in [3.8, 4) is 5.75 Å². The summed E-state index contributed by atoms with van der Waals surface area (Å²) >= 11 is 0. The number of rotatable bonds is 16. The van der Waals surface area contributed by atoms with Gasteiger partial charge in [-0.25, -0.2) is 4.79 Å². The van der Waals surface area contributed by atoms with Gasteiger partial charge in [-0.2, -0.15) is 0 Å². The second kappa shape index (κ2) is 14.9. The molecule has 0 bridgehead atoms. The lowest BCUT2D eigenvalue weighted by Gasteiger charge is -2.10. The largest absolute Gasteiger partial charge is 0.508 e. The first-order chi connectivity index (χ1) is 12.6. The maximum Gasteiger partial charge on any atom is 0.339 e. The first-order valence-corrected chi connectivity index (χ1v) is 10.9. The minimum Gasteiger partial charge on any atom is -0.508 e. The van der Waals surface area contributed by atoms with Crippen LogP contribution in [0.3, 0.4) is 0 Å². The highest BCUT2D eigenvalue weighted by molar-refractivity contribution is 5.18. The van der Waals surface area contributed by atoms with Gasteiger partial charge >= 0.3 is 5.63 Å². The predicted octanol–water partition coefficient (Wildman–Crippen LogP) is 7.01. The van der Waals surface area contributed by atoms with Gasteiger partial charge in [0.25, 0.3) is 0 Å². The molecule has 0 aliphatic heterocycles. The average Bonchev–Trinajstić information content (AvgIpc) is 2.59. The van der Waals surface area contributed by atoms with Gasteiger partial charge in [0.2, 0.25) is 0 Å². The molecule has 150 valence electrons. The van der Waals surface area contributed by atoms with Crippen molar-refractivity contribution < 1.29 is 9.52 Å². The van der Waals surface area contributed by atoms with Gasteiger partial charge < -0.3 is 9.52 Å². The number of hydrogen-bond acceptors (Lipinski definition) is 3. The molecule has 1 aromatic heterocycles. The monoisotopic (exact) mass is 364 g/mol. The van der Waals surface area contributed by atoms with Gasteiger partial charge in [-0.1, -0.05) is 97.3 Å². The lowest BCUT2D eigenvalue weighted by molar-refractivity contribution is 0.417. The quantitative estimate of drug-likeness (QED) is 0.321. The van der Waals surface area contributed by atoms with E-state index >= 15 is 0 Å². The van der Waals surface area contributed by atoms with E-state index in [9.17, 15) is 9.90 Å². The molecule has 1 rings (SSSR count). The van der Waals surface area contributed by atoms with Crippen molar-refractivity contribution in [2.45, 2.75) is 110 Å². The molecule has 0 aromatic carbocycles. The van der Waals surface area contributed by atoms with E-state index in [-0.39, 0.29) is 5.75 Å². The van der Waals surface area contributed by atoms with E-state index in [1.807, 2.05) is 0 Å². The molecule has 26 heavy (non-hydrogen) atoms. The van der Waals surface area contributed by atoms with Gasteiger partial charge in [-0.3, -0.25) is 0 Å². The minimum absolute atomic E-state index is 0.00604. The molecule has 1 atom stereocenters. The minimum atomic E-state index is -0.463. The second-order valence-corrected chi connectivity index (χ2v) is 7.92. The molecule has 0 aliphatic carbocycles. The Morgan fingerprint density at radius 3 is 1.96 bits per heavy atom. The summed E-state index contributed by atoms with van der Waals surface area (Å²) in [5, 5.41) is 9.38. The summed E-state index contributed by atoms with van der Waals surface area (Å²) < 4.78 is 5.07. The topological polar surface area (TPSA) is 50.4 Å². The van der Waals surface area contributed by atoms with Crippen molar-refractivity contribution in [3.05, 3.63) is 28.3 Å². The predicted molar refractivity (Wildman–Crippen MR) is 110 cm³/mol. The van der Waals surface area contributed by atoms with Crippen molar-refractivity contribution in [2.75, 3.05) is 0 Å². The zero-order chi connectivity index (χ0) is 19.0. The van der Waals surface area contributed by atoms with Crippen LogP contribution in [0.15, 0.2) is 21.3 Å². The third kappa shape index (κ3) is 12.2. The molecular weight excluding hydrogens is 324 g/mol. The maximum absolute atomic E-state index is 11.2. The molecule has 1 unspecified atom stereocenters. The summed E-state index contributed by atoms with van der Waals surface area (Å²) in [6, 6.07) is 2.66. The molecule has 3 heteroatoms. The summed E-state index contributed by atoms with van der Waals surface area (Å²) in [5.74, 6) is 1.51. The normalized spacial score (nSPS) is 12.4. The third-order valence-corrected chi connectivity index (χ3v) is 5.23. The smallest absolute Gasteiger partial charge is 0.339 e. The van der Waals surface area contributed by atoms with Gasteiger partial charge in [0.05, 0.1) is 6.07 Å². The van der Waals surface area contributed by atoms with Crippen LogP contribution in [0, 0.1) is 5.92 Å². The summed E-state index contributed by atoms with van der Waals surface area (Å²) in [4.78, 5) is 11.2. The van der Waals surface area contributed by atoms with Crippen molar-refractivity contribution in [1.82, 2.24) is 0 Å². The maximum atomic E-state index is 11.2. The Morgan fingerprint density at radius 1 is 0.846 bits per heavy atom. The summed E-state index contributed by atoms with van der Waals surface area (Å²) in [5.41, 5.74) is -0.463. The molecule has 0 saturated heterocycles. The Labute approximate surface area is 160 Å². The highest BCUT2D eigenvalue weighted by Gasteiger charge is 2.03. The molecule has 0 spiro atoms. The molecule has 0 aliphatic rings. The van der Waals surface area contributed by atoms with Gasteiger partial charge in [-0.15, -0.1) is 0 Å². The van der Waals surface area contributed by atoms with Crippen LogP contribution in [0.25, 0.3) is 0 Å². The van der Waals surface area contributed by atoms with Gasteiger partial charge in [0.15, 0.2) is 0 Å². The summed E-state index contributed by atoms with van der Waals surface area (Å²) in [6.45, 7) is 4.69. The second-order valence-electron chi connectivity index (χ2n) is 7.92. The van der Waals surface area contributed by atoms with Crippen molar-refractivity contribution in [3.63, 3.8) is 0 Å². The van der Waals surface area contributed by atoms with E-state index in [2.05, 4.69) is 13.8 Å². The first kappa shape index (κ1) is 22.8. The van der Waals surface area contributed by atoms with E-state index < -0.39 is 5.63 Å². The zero-order valence-electron chi connectivity index (χ0n) is 17.1. The molecule has 3 nitrogen and oxygen atoms in total. The van der Waals surface area contributed by atoms with Crippen LogP contribution in [-0.4, -0.2) is 5.11 Å². The van der Waals surface area contributed by atoms with Crippen LogP contribution < -0.4 is 5.63 Å². The van der Waals surface area contributed by atoms with Gasteiger partial charge in [0.1, 0.15) is 11.5 Å². The number of aromatic hydroxyl groups is 1. The number of aryl methyl sites for hydroxylation is 1. The van der Waals surface area contributed by atoms with Crippen LogP contribution in [0.4, 0.5) is 0 Å². The van der Waals surface area contributed by atoms with E-state index in [0.29, 0.717) is 5.76 Å². The van der Waals surface area contributed by atoms with Crippen LogP contribution >= 0.6 is 0 Å². The van der Waals surface area contributed by atoms with E-state index in [1.54, 1.807) is 6.07 Å². The Bertz CT molecular complexity index is 506. The molecule has 1 heterocycles. The summed E-state index contributed by atoms with van der Waals surface area (Å²) in [7, 11) is 0. The Hall–Kier alpha value is -1.25. The highest BCUT2D eigenvalue weighted by Crippen LogP contribution is 2.18. The van der Waals surface area contributed by atoms with Crippen LogP contribution in [0.5, 0.6) is 5.75 Å². The van der Waals surface area contributed by atoms with Crippen LogP contribution in [0.2, 0.25) is 0 Å². The average molecular weight is 365 g/mol. The lowest BCUT2D eigenvalue weighted by Crippen LogP contribution is -1.98. The molecule has 0 radical (unpaired) electrons. The standard InChI is InChI=1S/C23H40O3/c1-3-4-5-12-15-20(2)16-13-10-8-6-7-9-11-14-17-22-18-21(24)19-23(25)26-22/h18-20,24H,3-17H2,1-2H3. The summed E-state index contributed by atoms with van der Waals surface area (Å²) in [6.07, 6.45) is 19.3. The first-order valence-electron chi connectivity index (χ1n) is 10.9. The Kier molecular flexibility index (Phi) is 13.0. The Morgan fingerprint density at radius 2 is 1.38 bits per heavy atom. The fourth-order valence-corrected chi connectivity index (χ4v) is 3.56. The zero-order valence-corrected chi connectivity index (χ0v) is 17.1. The Balaban J connectivity index is 1.88. The number of unbranched alkanes of at least 4 members (excludes halogenated alkanes) is 10. The molecular formula is C23H40O3. The van der Waals surface area contributed by atoms with Gasteiger partial charge in [0, 0.05) is 12.5 Å². The molecule has 0 amide bonds. The van der Waals surface area contributed by atoms with Crippen molar-refractivity contribution >= 4 is 0 Å². The SMILES string of the molecule is CCCCCCC(C)CCCCCCCCCCc1cc(O)cc(=O)o1. The van der Waals surface area contributed by atoms with E-state index in [0.717, 1.165) is 31.2 Å². The molecule has 0 saturated carbocycles. The lowest BCUT2D eigenvalue weighted by atomic mass is 9.96. The molecule has 1 N–H and O–H groups in total.